The Bertz CT molecular complexity index is 1170. The first-order chi connectivity index (χ1) is 13.1. The number of benzene rings is 2. The fraction of sp³-hybridized carbons (Fsp3) is 0.167. The van der Waals surface area contributed by atoms with E-state index in [1.54, 1.807) is 0 Å². The standard InChI is InChI=1S/C18H19N3O4S3/c1-13-2-4-14(5-3-13)18-21-15(12-26-18)10-11-20-28(24,25)17-8-6-16(7-9-17)27(19,22)23/h2-9,12,20H,10-11H2,1H3,(H2,19,22,23). The lowest BCUT2D eigenvalue weighted by Crippen LogP contribution is -2.26. The molecule has 148 valence electrons. The second kappa shape index (κ2) is 8.10. The number of primary sulfonamides is 1. The van der Waals surface area contributed by atoms with Crippen molar-refractivity contribution in [2.45, 2.75) is 23.1 Å². The molecule has 28 heavy (non-hydrogen) atoms. The number of rotatable bonds is 7. The molecule has 10 heteroatoms. The van der Waals surface area contributed by atoms with Crippen LogP contribution >= 0.6 is 11.3 Å². The zero-order valence-electron chi connectivity index (χ0n) is 15.0. The van der Waals surface area contributed by atoms with Gasteiger partial charge < -0.3 is 0 Å². The van der Waals surface area contributed by atoms with Crippen molar-refractivity contribution in [3.05, 3.63) is 65.2 Å². The molecule has 1 aromatic heterocycles. The summed E-state index contributed by atoms with van der Waals surface area (Å²) in [6.45, 7) is 2.20. The number of hydrogen-bond donors (Lipinski definition) is 2. The maximum absolute atomic E-state index is 12.3. The molecule has 0 fully saturated rings. The van der Waals surface area contributed by atoms with Gasteiger partial charge in [0.2, 0.25) is 20.0 Å². The van der Waals surface area contributed by atoms with E-state index in [0.29, 0.717) is 6.42 Å². The van der Waals surface area contributed by atoms with Gasteiger partial charge in [-0.25, -0.2) is 31.7 Å². The van der Waals surface area contributed by atoms with Crippen LogP contribution in [0.4, 0.5) is 0 Å². The summed E-state index contributed by atoms with van der Waals surface area (Å²) < 4.78 is 49.7. The van der Waals surface area contributed by atoms with E-state index in [2.05, 4.69) is 9.71 Å². The quantitative estimate of drug-likeness (QED) is 0.588. The number of aryl methyl sites for hydroxylation is 1. The van der Waals surface area contributed by atoms with Gasteiger partial charge in [0.1, 0.15) is 5.01 Å². The minimum absolute atomic E-state index is 0.0291. The third-order valence-corrected chi connectivity index (χ3v) is 7.33. The van der Waals surface area contributed by atoms with Crippen LogP contribution in [0.1, 0.15) is 11.3 Å². The second-order valence-electron chi connectivity index (χ2n) is 6.17. The van der Waals surface area contributed by atoms with E-state index in [9.17, 15) is 16.8 Å². The number of nitrogens with two attached hydrogens (primary N) is 1. The van der Waals surface area contributed by atoms with Crippen LogP contribution in [0.3, 0.4) is 0 Å². The Labute approximate surface area is 168 Å². The molecule has 0 bridgehead atoms. The fourth-order valence-electron chi connectivity index (χ4n) is 2.46. The van der Waals surface area contributed by atoms with Crippen molar-refractivity contribution in [2.75, 3.05) is 6.54 Å². The number of nitrogens with zero attached hydrogens (tertiary/aromatic N) is 1. The van der Waals surface area contributed by atoms with Gasteiger partial charge in [0, 0.05) is 23.9 Å². The van der Waals surface area contributed by atoms with Crippen LogP contribution in [0.15, 0.2) is 63.7 Å². The van der Waals surface area contributed by atoms with Gasteiger partial charge in [-0.15, -0.1) is 11.3 Å². The highest BCUT2D eigenvalue weighted by atomic mass is 32.2. The third kappa shape index (κ3) is 5.03. The van der Waals surface area contributed by atoms with Crippen LogP contribution in [0.5, 0.6) is 0 Å². The Morgan fingerprint density at radius 3 is 2.18 bits per heavy atom. The molecule has 0 aliphatic carbocycles. The fourth-order valence-corrected chi connectivity index (χ4v) is 4.86. The molecule has 0 saturated heterocycles. The Balaban J connectivity index is 1.62. The lowest BCUT2D eigenvalue weighted by atomic mass is 10.2. The summed E-state index contributed by atoms with van der Waals surface area (Å²) in [5.41, 5.74) is 3.00. The van der Waals surface area contributed by atoms with Crippen LogP contribution < -0.4 is 9.86 Å². The molecule has 0 atom stereocenters. The predicted octanol–water partition coefficient (Wildman–Crippen LogP) is 2.29. The van der Waals surface area contributed by atoms with Crippen LogP contribution in [-0.2, 0) is 26.5 Å². The van der Waals surface area contributed by atoms with E-state index in [1.807, 2.05) is 36.6 Å². The summed E-state index contributed by atoms with van der Waals surface area (Å²) in [6.07, 6.45) is 0.441. The molecule has 1 heterocycles. The third-order valence-electron chi connectivity index (χ3n) is 3.99. The maximum atomic E-state index is 12.3. The van der Waals surface area contributed by atoms with Gasteiger partial charge in [-0.2, -0.15) is 0 Å². The van der Waals surface area contributed by atoms with E-state index in [1.165, 1.54) is 29.0 Å². The number of sulfonamides is 2. The monoisotopic (exact) mass is 437 g/mol. The van der Waals surface area contributed by atoms with Gasteiger partial charge in [0.25, 0.3) is 0 Å². The molecule has 0 radical (unpaired) electrons. The minimum Gasteiger partial charge on any atom is -0.241 e. The van der Waals surface area contributed by atoms with E-state index in [-0.39, 0.29) is 16.3 Å². The molecule has 3 N–H and O–H groups in total. The molecule has 0 spiro atoms. The zero-order valence-corrected chi connectivity index (χ0v) is 17.4. The van der Waals surface area contributed by atoms with Crippen molar-refractivity contribution in [1.82, 2.24) is 9.71 Å². The average Bonchev–Trinajstić information content (AvgIpc) is 3.10. The number of aromatic nitrogens is 1. The first kappa shape index (κ1) is 20.6. The topological polar surface area (TPSA) is 119 Å². The molecular formula is C18H19N3O4S3. The SMILES string of the molecule is Cc1ccc(-c2nc(CCNS(=O)(=O)c3ccc(S(N)(=O)=O)cc3)cs2)cc1. The molecule has 2 aromatic carbocycles. The molecule has 0 aliphatic rings. The van der Waals surface area contributed by atoms with E-state index >= 15 is 0 Å². The van der Waals surface area contributed by atoms with E-state index in [0.717, 1.165) is 28.4 Å². The highest BCUT2D eigenvalue weighted by molar-refractivity contribution is 7.89. The van der Waals surface area contributed by atoms with Crippen LogP contribution in [-0.4, -0.2) is 28.4 Å². The van der Waals surface area contributed by atoms with Crippen molar-refractivity contribution >= 4 is 31.4 Å². The number of nitrogens with one attached hydrogen (secondary N) is 1. The van der Waals surface area contributed by atoms with Crippen LogP contribution in [0.25, 0.3) is 10.6 Å². The van der Waals surface area contributed by atoms with Gasteiger partial charge in [0.15, 0.2) is 0 Å². The predicted molar refractivity (Wildman–Crippen MR) is 109 cm³/mol. The van der Waals surface area contributed by atoms with Gasteiger partial charge in [0.05, 0.1) is 15.5 Å². The molecule has 3 rings (SSSR count). The second-order valence-corrected chi connectivity index (χ2v) is 10.4. The Kier molecular flexibility index (Phi) is 5.96. The minimum atomic E-state index is -3.86. The Morgan fingerprint density at radius 2 is 1.57 bits per heavy atom. The van der Waals surface area contributed by atoms with Crippen molar-refractivity contribution in [2.24, 2.45) is 5.14 Å². The highest BCUT2D eigenvalue weighted by Crippen LogP contribution is 2.24. The Morgan fingerprint density at radius 1 is 0.964 bits per heavy atom. The van der Waals surface area contributed by atoms with Crippen molar-refractivity contribution in [3.8, 4) is 10.6 Å². The molecule has 3 aromatic rings. The first-order valence-electron chi connectivity index (χ1n) is 8.29. The first-order valence-corrected chi connectivity index (χ1v) is 12.2. The molecule has 0 saturated carbocycles. The van der Waals surface area contributed by atoms with Gasteiger partial charge >= 0.3 is 0 Å². The largest absolute Gasteiger partial charge is 0.241 e. The van der Waals surface area contributed by atoms with E-state index in [4.69, 9.17) is 5.14 Å². The van der Waals surface area contributed by atoms with E-state index < -0.39 is 20.0 Å². The van der Waals surface area contributed by atoms with Gasteiger partial charge in [-0.1, -0.05) is 29.8 Å². The summed E-state index contributed by atoms with van der Waals surface area (Å²) in [5, 5.41) is 7.81. The van der Waals surface area contributed by atoms with Crippen molar-refractivity contribution in [1.29, 1.82) is 0 Å². The average molecular weight is 438 g/mol. The van der Waals surface area contributed by atoms with Crippen molar-refractivity contribution in [3.63, 3.8) is 0 Å². The van der Waals surface area contributed by atoms with Gasteiger partial charge in [-0.3, -0.25) is 0 Å². The summed E-state index contributed by atoms with van der Waals surface area (Å²) in [7, 11) is -7.62. The molecule has 0 amide bonds. The molecular weight excluding hydrogens is 418 g/mol. The molecule has 0 unspecified atom stereocenters. The Hall–Kier alpha value is -2.11. The summed E-state index contributed by atoms with van der Waals surface area (Å²) in [4.78, 5) is 4.37. The number of thiazole rings is 1. The van der Waals surface area contributed by atoms with Crippen molar-refractivity contribution < 1.29 is 16.8 Å². The summed E-state index contributed by atoms with van der Waals surface area (Å²) >= 11 is 1.51. The normalized spacial score (nSPS) is 12.2. The smallest absolute Gasteiger partial charge is 0.240 e. The lowest BCUT2D eigenvalue weighted by molar-refractivity contribution is 0.580. The highest BCUT2D eigenvalue weighted by Gasteiger charge is 2.16. The molecule has 7 nitrogen and oxygen atoms in total. The molecule has 0 aliphatic heterocycles. The zero-order chi connectivity index (χ0) is 20.4. The summed E-state index contributed by atoms with van der Waals surface area (Å²) in [6, 6.07) is 12.8. The van der Waals surface area contributed by atoms with Crippen LogP contribution in [0, 0.1) is 6.92 Å². The number of hydrogen-bond acceptors (Lipinski definition) is 6. The lowest BCUT2D eigenvalue weighted by Gasteiger charge is -2.06. The summed E-state index contributed by atoms with van der Waals surface area (Å²) in [5.74, 6) is 0. The van der Waals surface area contributed by atoms with Gasteiger partial charge in [-0.05, 0) is 31.2 Å². The van der Waals surface area contributed by atoms with Crippen LogP contribution in [0.2, 0.25) is 0 Å². The maximum Gasteiger partial charge on any atom is 0.240 e.